The van der Waals surface area contributed by atoms with Crippen LogP contribution in [0.25, 0.3) is 0 Å². The number of alkyl halides is 5. The lowest BCUT2D eigenvalue weighted by atomic mass is 10.1. The Labute approximate surface area is 135 Å². The van der Waals surface area contributed by atoms with Crippen LogP contribution >= 0.6 is 0 Å². The summed E-state index contributed by atoms with van der Waals surface area (Å²) in [7, 11) is -5.88. The molecule has 1 N–H and O–H groups in total. The number of fused-ring (bicyclic) bond motifs is 1. The van der Waals surface area contributed by atoms with Gasteiger partial charge in [-0.25, -0.2) is 17.2 Å². The lowest BCUT2D eigenvalue weighted by molar-refractivity contribution is -0.0978. The van der Waals surface area contributed by atoms with E-state index < -0.39 is 49.8 Å². The minimum atomic E-state index is -5.88. The van der Waals surface area contributed by atoms with Crippen LogP contribution in [0.1, 0.15) is 37.0 Å². The van der Waals surface area contributed by atoms with Gasteiger partial charge < -0.3 is 9.84 Å². The summed E-state index contributed by atoms with van der Waals surface area (Å²) in [4.78, 5) is -1.36. The molecule has 0 aromatic heterocycles. The van der Waals surface area contributed by atoms with Crippen molar-refractivity contribution in [2.75, 3.05) is 6.61 Å². The Balaban J connectivity index is 2.61. The fourth-order valence-electron chi connectivity index (χ4n) is 2.47. The predicted octanol–water partition coefficient (Wildman–Crippen LogP) is 3.38. The number of ether oxygens (including phenoxy) is 1. The highest BCUT2D eigenvalue weighted by atomic mass is 32.2. The van der Waals surface area contributed by atoms with Gasteiger partial charge in [0.1, 0.15) is 11.9 Å². The lowest BCUT2D eigenvalue weighted by Crippen LogP contribution is -2.26. The first-order valence-corrected chi connectivity index (χ1v) is 8.57. The summed E-state index contributed by atoms with van der Waals surface area (Å²) >= 11 is 0. The van der Waals surface area contributed by atoms with Gasteiger partial charge in [0.25, 0.3) is 15.8 Å². The van der Waals surface area contributed by atoms with E-state index in [1.165, 1.54) is 0 Å². The zero-order valence-corrected chi connectivity index (χ0v) is 13.3. The van der Waals surface area contributed by atoms with Crippen LogP contribution in [0.3, 0.4) is 0 Å². The third kappa shape index (κ3) is 3.08. The van der Waals surface area contributed by atoms with Crippen molar-refractivity contribution in [2.45, 2.75) is 48.6 Å². The Morgan fingerprint density at radius 2 is 1.96 bits per heavy atom. The Morgan fingerprint density at radius 3 is 2.50 bits per heavy atom. The minimum Gasteiger partial charge on any atom is -0.493 e. The maximum atomic E-state index is 13.8. The maximum Gasteiger partial charge on any atom is 0.501 e. The van der Waals surface area contributed by atoms with Crippen LogP contribution in [0.15, 0.2) is 17.0 Å². The summed E-state index contributed by atoms with van der Waals surface area (Å²) in [5.74, 6) is -3.92. The van der Waals surface area contributed by atoms with E-state index in [-0.39, 0.29) is 12.4 Å². The van der Waals surface area contributed by atoms with E-state index in [0.29, 0.717) is 12.5 Å². The largest absolute Gasteiger partial charge is 0.501 e. The number of aliphatic hydroxyl groups excluding tert-OH is 1. The standard InChI is InChI=1S/C14H15F5O4S/c1-2-3-6-23-9-4-5-10(24(21,22)14(17,18)19)11-8(9)7-13(15,16)12(11)20/h4-5,12,20H,2-3,6-7H2,1H3/t12-/m0/s1. The number of hydrogen-bond acceptors (Lipinski definition) is 4. The maximum absolute atomic E-state index is 13.8. The smallest absolute Gasteiger partial charge is 0.493 e. The number of aliphatic hydroxyl groups is 1. The lowest BCUT2D eigenvalue weighted by Gasteiger charge is -2.17. The Kier molecular flexibility index (Phi) is 4.84. The van der Waals surface area contributed by atoms with Crippen molar-refractivity contribution in [3.63, 3.8) is 0 Å². The van der Waals surface area contributed by atoms with Gasteiger partial charge in [-0.15, -0.1) is 0 Å². The zero-order chi connectivity index (χ0) is 18.3. The topological polar surface area (TPSA) is 63.6 Å². The molecule has 1 atom stereocenters. The second-order valence-corrected chi connectivity index (χ2v) is 7.36. The summed E-state index contributed by atoms with van der Waals surface area (Å²) in [5.41, 5.74) is -7.01. The molecule has 136 valence electrons. The van der Waals surface area contributed by atoms with Gasteiger partial charge in [-0.2, -0.15) is 13.2 Å². The Hall–Kier alpha value is -1.42. The molecular weight excluding hydrogens is 359 g/mol. The van der Waals surface area contributed by atoms with Crippen LogP contribution in [0.2, 0.25) is 0 Å². The van der Waals surface area contributed by atoms with E-state index >= 15 is 0 Å². The van der Waals surface area contributed by atoms with E-state index in [4.69, 9.17) is 4.74 Å². The van der Waals surface area contributed by atoms with Crippen LogP contribution in [0.4, 0.5) is 22.0 Å². The molecule has 0 unspecified atom stereocenters. The van der Waals surface area contributed by atoms with E-state index in [1.54, 1.807) is 0 Å². The fourth-order valence-corrected chi connectivity index (χ4v) is 3.49. The molecule has 0 aliphatic heterocycles. The molecule has 0 bridgehead atoms. The van der Waals surface area contributed by atoms with Crippen molar-refractivity contribution in [1.29, 1.82) is 0 Å². The van der Waals surface area contributed by atoms with E-state index in [9.17, 15) is 35.5 Å². The highest BCUT2D eigenvalue weighted by Gasteiger charge is 2.55. The highest BCUT2D eigenvalue weighted by molar-refractivity contribution is 7.92. The van der Waals surface area contributed by atoms with Crippen molar-refractivity contribution in [2.24, 2.45) is 0 Å². The van der Waals surface area contributed by atoms with Crippen LogP contribution < -0.4 is 4.74 Å². The molecule has 0 heterocycles. The second-order valence-electron chi connectivity index (χ2n) is 5.45. The molecule has 24 heavy (non-hydrogen) atoms. The molecular formula is C14H15F5O4S. The molecule has 0 saturated heterocycles. The molecule has 0 fully saturated rings. The average Bonchev–Trinajstić information content (AvgIpc) is 2.69. The highest BCUT2D eigenvalue weighted by Crippen LogP contribution is 2.50. The van der Waals surface area contributed by atoms with Crippen LogP contribution in [0.5, 0.6) is 5.75 Å². The Morgan fingerprint density at radius 1 is 1.33 bits per heavy atom. The van der Waals surface area contributed by atoms with Gasteiger partial charge in [0.15, 0.2) is 0 Å². The summed E-state index contributed by atoms with van der Waals surface area (Å²) in [6.07, 6.45) is -2.42. The summed E-state index contributed by atoms with van der Waals surface area (Å²) in [6.45, 7) is 1.99. The molecule has 0 saturated carbocycles. The summed E-state index contributed by atoms with van der Waals surface area (Å²) in [5, 5.41) is 9.68. The van der Waals surface area contributed by atoms with Gasteiger partial charge in [-0.3, -0.25) is 0 Å². The molecule has 0 spiro atoms. The van der Waals surface area contributed by atoms with E-state index in [2.05, 4.69) is 0 Å². The number of benzene rings is 1. The monoisotopic (exact) mass is 374 g/mol. The van der Waals surface area contributed by atoms with Gasteiger partial charge in [0.05, 0.1) is 11.5 Å². The zero-order valence-electron chi connectivity index (χ0n) is 12.5. The van der Waals surface area contributed by atoms with Crippen molar-refractivity contribution in [3.8, 4) is 5.75 Å². The third-order valence-corrected chi connectivity index (χ3v) is 5.25. The third-order valence-electron chi connectivity index (χ3n) is 3.71. The van der Waals surface area contributed by atoms with E-state index in [1.807, 2.05) is 6.92 Å². The number of rotatable bonds is 5. The summed E-state index contributed by atoms with van der Waals surface area (Å²) < 4.78 is 94.4. The van der Waals surface area contributed by atoms with E-state index in [0.717, 1.165) is 12.5 Å². The normalized spacial score (nSPS) is 20.0. The molecule has 1 aromatic rings. The van der Waals surface area contributed by atoms with Gasteiger partial charge in [-0.05, 0) is 18.6 Å². The SMILES string of the molecule is CCCCOc1ccc(S(=O)(=O)C(F)(F)F)c2c1CC(F)(F)[C@H]2O. The predicted molar refractivity (Wildman–Crippen MR) is 73.7 cm³/mol. The van der Waals surface area contributed by atoms with Gasteiger partial charge in [0.2, 0.25) is 0 Å². The average molecular weight is 374 g/mol. The summed E-state index contributed by atoms with van der Waals surface area (Å²) in [6, 6.07) is 1.47. The molecule has 1 aromatic carbocycles. The number of halogens is 5. The van der Waals surface area contributed by atoms with Crippen LogP contribution in [0, 0.1) is 0 Å². The molecule has 0 amide bonds. The van der Waals surface area contributed by atoms with Crippen molar-refractivity contribution >= 4 is 9.84 Å². The van der Waals surface area contributed by atoms with Crippen LogP contribution in [-0.2, 0) is 16.3 Å². The first-order valence-electron chi connectivity index (χ1n) is 7.09. The van der Waals surface area contributed by atoms with Gasteiger partial charge >= 0.3 is 5.51 Å². The first-order chi connectivity index (χ1) is 10.9. The molecule has 4 nitrogen and oxygen atoms in total. The number of hydrogen-bond donors (Lipinski definition) is 1. The molecule has 10 heteroatoms. The molecule has 2 rings (SSSR count). The number of unbranched alkanes of at least 4 members (excludes halogenated alkanes) is 1. The van der Waals surface area contributed by atoms with Gasteiger partial charge in [-0.1, -0.05) is 13.3 Å². The van der Waals surface area contributed by atoms with Gasteiger partial charge in [0, 0.05) is 17.5 Å². The molecule has 1 aliphatic rings. The second kappa shape index (κ2) is 6.14. The van der Waals surface area contributed by atoms with Crippen LogP contribution in [-0.4, -0.2) is 31.6 Å². The fraction of sp³-hybridized carbons (Fsp3) is 0.571. The van der Waals surface area contributed by atoms with Crippen molar-refractivity contribution < 1.29 is 40.2 Å². The minimum absolute atomic E-state index is 0.135. The first kappa shape index (κ1) is 18.9. The van der Waals surface area contributed by atoms with Crippen molar-refractivity contribution in [3.05, 3.63) is 23.3 Å². The van der Waals surface area contributed by atoms with Crippen molar-refractivity contribution in [1.82, 2.24) is 0 Å². The molecule has 1 aliphatic carbocycles. The quantitative estimate of drug-likeness (QED) is 0.634. The Bertz CT molecular complexity index is 727. The molecule has 0 radical (unpaired) electrons. The number of sulfone groups is 1.